The van der Waals surface area contributed by atoms with Crippen LogP contribution in [0.4, 0.5) is 0 Å². The van der Waals surface area contributed by atoms with Crippen molar-refractivity contribution < 1.29 is 0 Å². The predicted octanol–water partition coefficient (Wildman–Crippen LogP) is 1.81. The number of nitrogens with one attached hydrogen (secondary N) is 1. The van der Waals surface area contributed by atoms with Gasteiger partial charge in [0, 0.05) is 6.54 Å². The molecular formula is C14H17N7OS. The third kappa shape index (κ3) is 3.19. The normalized spacial score (nSPS) is 12.4. The van der Waals surface area contributed by atoms with Crippen molar-refractivity contribution in [1.29, 1.82) is 0 Å². The van der Waals surface area contributed by atoms with Crippen molar-refractivity contribution >= 4 is 11.8 Å². The van der Waals surface area contributed by atoms with Gasteiger partial charge in [-0.05, 0) is 35.9 Å². The fraction of sp³-hybridized carbons (Fsp3) is 0.357. The topological polar surface area (TPSA) is 94.3 Å². The summed E-state index contributed by atoms with van der Waals surface area (Å²) >= 11 is 1.45. The Morgan fingerprint density at radius 3 is 2.83 bits per heavy atom. The van der Waals surface area contributed by atoms with E-state index >= 15 is 0 Å². The van der Waals surface area contributed by atoms with Crippen LogP contribution in [0.5, 0.6) is 0 Å². The second kappa shape index (κ2) is 6.78. The highest BCUT2D eigenvalue weighted by Crippen LogP contribution is 2.32. The smallest absolute Gasteiger partial charge is 0.270 e. The van der Waals surface area contributed by atoms with Gasteiger partial charge in [0.15, 0.2) is 11.0 Å². The summed E-state index contributed by atoms with van der Waals surface area (Å²) in [6, 6.07) is 9.70. The number of thioether (sulfide) groups is 1. The second-order valence-electron chi connectivity index (χ2n) is 5.01. The van der Waals surface area contributed by atoms with Crippen LogP contribution >= 0.6 is 11.8 Å². The van der Waals surface area contributed by atoms with Crippen molar-refractivity contribution in [1.82, 2.24) is 35.0 Å². The minimum atomic E-state index is -0.191. The molecule has 3 rings (SSSR count). The molecule has 1 atom stereocenters. The lowest BCUT2D eigenvalue weighted by Gasteiger charge is -2.11. The van der Waals surface area contributed by atoms with Gasteiger partial charge in [0.05, 0.1) is 10.9 Å². The highest BCUT2D eigenvalue weighted by Gasteiger charge is 2.20. The zero-order valence-electron chi connectivity index (χ0n) is 12.9. The van der Waals surface area contributed by atoms with Crippen molar-refractivity contribution in [3.63, 3.8) is 0 Å². The molecule has 0 radical (unpaired) electrons. The Bertz CT molecular complexity index is 823. The molecule has 0 aliphatic carbocycles. The van der Waals surface area contributed by atoms with Gasteiger partial charge >= 0.3 is 5.69 Å². The number of aromatic nitrogens is 7. The summed E-state index contributed by atoms with van der Waals surface area (Å²) in [7, 11) is 0. The van der Waals surface area contributed by atoms with Gasteiger partial charge < -0.3 is 0 Å². The molecule has 0 saturated heterocycles. The van der Waals surface area contributed by atoms with Gasteiger partial charge in [-0.1, -0.05) is 36.9 Å². The molecule has 0 spiro atoms. The Morgan fingerprint density at radius 1 is 1.30 bits per heavy atom. The first-order chi connectivity index (χ1) is 11.2. The third-order valence-corrected chi connectivity index (χ3v) is 4.40. The molecule has 0 fully saturated rings. The number of tetrazole rings is 1. The Hall–Kier alpha value is -2.42. The number of para-hydroxylation sites is 1. The Kier molecular flexibility index (Phi) is 4.56. The summed E-state index contributed by atoms with van der Waals surface area (Å²) in [5, 5.41) is 19.1. The number of nitrogens with zero attached hydrogens (tertiary/aromatic N) is 6. The van der Waals surface area contributed by atoms with E-state index in [1.807, 2.05) is 44.2 Å². The summed E-state index contributed by atoms with van der Waals surface area (Å²) < 4.78 is 3.34. The van der Waals surface area contributed by atoms with Crippen LogP contribution < -0.4 is 5.69 Å². The molecule has 0 amide bonds. The molecule has 0 saturated carbocycles. The maximum atomic E-state index is 11.8. The first-order valence-corrected chi connectivity index (χ1v) is 8.24. The van der Waals surface area contributed by atoms with Gasteiger partial charge in [0.2, 0.25) is 0 Å². The van der Waals surface area contributed by atoms with Crippen LogP contribution in [-0.4, -0.2) is 35.0 Å². The number of hydrogen-bond donors (Lipinski definition) is 1. The van der Waals surface area contributed by atoms with Crippen LogP contribution in [0.3, 0.4) is 0 Å². The van der Waals surface area contributed by atoms with Crippen molar-refractivity contribution in [3.8, 4) is 5.69 Å². The van der Waals surface area contributed by atoms with Crippen LogP contribution in [0.15, 0.2) is 40.3 Å². The van der Waals surface area contributed by atoms with E-state index in [0.29, 0.717) is 17.5 Å². The van der Waals surface area contributed by atoms with Crippen LogP contribution in [0.2, 0.25) is 0 Å². The molecule has 120 valence electrons. The zero-order chi connectivity index (χ0) is 16.2. The molecule has 8 nitrogen and oxygen atoms in total. The number of benzene rings is 1. The molecule has 2 heterocycles. The Labute approximate surface area is 136 Å². The van der Waals surface area contributed by atoms with E-state index in [4.69, 9.17) is 0 Å². The van der Waals surface area contributed by atoms with Crippen LogP contribution in [0, 0.1) is 0 Å². The van der Waals surface area contributed by atoms with E-state index in [-0.39, 0.29) is 10.9 Å². The lowest BCUT2D eigenvalue weighted by atomic mass is 10.3. The fourth-order valence-corrected chi connectivity index (χ4v) is 3.19. The number of hydrogen-bond acceptors (Lipinski definition) is 6. The van der Waals surface area contributed by atoms with E-state index in [9.17, 15) is 4.79 Å². The quantitative estimate of drug-likeness (QED) is 0.692. The minimum Gasteiger partial charge on any atom is -0.270 e. The van der Waals surface area contributed by atoms with Crippen LogP contribution in [0.25, 0.3) is 5.69 Å². The number of rotatable bonds is 6. The molecule has 0 bridgehead atoms. The summed E-state index contributed by atoms with van der Waals surface area (Å²) in [6.07, 6.45) is 0.864. The van der Waals surface area contributed by atoms with Crippen molar-refractivity contribution in [2.75, 3.05) is 0 Å². The third-order valence-electron chi connectivity index (χ3n) is 3.31. The van der Waals surface area contributed by atoms with Crippen molar-refractivity contribution in [2.45, 2.75) is 37.2 Å². The van der Waals surface area contributed by atoms with Gasteiger partial charge in [-0.25, -0.2) is 9.89 Å². The first-order valence-electron chi connectivity index (χ1n) is 7.36. The van der Waals surface area contributed by atoms with Gasteiger partial charge in [-0.3, -0.25) is 4.57 Å². The minimum absolute atomic E-state index is 0.0592. The highest BCUT2D eigenvalue weighted by atomic mass is 32.2. The lowest BCUT2D eigenvalue weighted by Crippen LogP contribution is -2.17. The molecule has 0 aliphatic rings. The molecule has 0 aliphatic heterocycles. The molecule has 9 heteroatoms. The lowest BCUT2D eigenvalue weighted by molar-refractivity contribution is 0.602. The molecule has 1 N–H and O–H groups in total. The number of aromatic amines is 1. The van der Waals surface area contributed by atoms with Gasteiger partial charge in [0.25, 0.3) is 0 Å². The molecule has 3 aromatic rings. The molecule has 0 unspecified atom stereocenters. The zero-order valence-corrected chi connectivity index (χ0v) is 13.7. The number of H-pyrrole nitrogens is 1. The van der Waals surface area contributed by atoms with E-state index in [0.717, 1.165) is 12.1 Å². The summed E-state index contributed by atoms with van der Waals surface area (Å²) in [6.45, 7) is 4.65. The van der Waals surface area contributed by atoms with Crippen molar-refractivity contribution in [3.05, 3.63) is 46.6 Å². The standard InChI is InChI=1S/C14H17N7OS/c1-3-9-20-13(22)16-17-14(20)23-10(2)12-15-18-19-21(12)11-7-5-4-6-8-11/h4-8,10H,3,9H2,1-2H3,(H,16,22)/t10-/m1/s1. The average molecular weight is 331 g/mol. The van der Waals surface area contributed by atoms with E-state index < -0.39 is 0 Å². The SMILES string of the molecule is CCCn1c(S[C@H](C)c2nnnn2-c2ccccc2)n[nH]c1=O. The highest BCUT2D eigenvalue weighted by molar-refractivity contribution is 7.99. The van der Waals surface area contributed by atoms with Crippen molar-refractivity contribution in [2.24, 2.45) is 0 Å². The van der Waals surface area contributed by atoms with Gasteiger partial charge in [-0.2, -0.15) is 4.68 Å². The van der Waals surface area contributed by atoms with Gasteiger partial charge in [-0.15, -0.1) is 10.2 Å². The largest absolute Gasteiger partial charge is 0.343 e. The van der Waals surface area contributed by atoms with E-state index in [2.05, 4.69) is 25.7 Å². The summed E-state index contributed by atoms with van der Waals surface area (Å²) in [4.78, 5) is 11.8. The molecule has 2 aromatic heterocycles. The average Bonchev–Trinajstić information content (AvgIpc) is 3.18. The predicted molar refractivity (Wildman–Crippen MR) is 86.6 cm³/mol. The molecular weight excluding hydrogens is 314 g/mol. The molecule has 1 aromatic carbocycles. The van der Waals surface area contributed by atoms with Gasteiger partial charge in [0.1, 0.15) is 0 Å². The fourth-order valence-electron chi connectivity index (χ4n) is 2.23. The first kappa shape index (κ1) is 15.5. The van der Waals surface area contributed by atoms with E-state index in [1.54, 1.807) is 9.25 Å². The Balaban J connectivity index is 1.87. The maximum Gasteiger partial charge on any atom is 0.343 e. The maximum absolute atomic E-state index is 11.8. The van der Waals surface area contributed by atoms with Crippen LogP contribution in [0.1, 0.15) is 31.3 Å². The monoisotopic (exact) mass is 331 g/mol. The van der Waals surface area contributed by atoms with Crippen LogP contribution in [-0.2, 0) is 6.54 Å². The second-order valence-corrected chi connectivity index (χ2v) is 6.32. The molecule has 23 heavy (non-hydrogen) atoms. The Morgan fingerprint density at radius 2 is 2.09 bits per heavy atom. The van der Waals surface area contributed by atoms with E-state index in [1.165, 1.54) is 11.8 Å². The summed E-state index contributed by atoms with van der Waals surface area (Å²) in [5.74, 6) is 0.708. The summed E-state index contributed by atoms with van der Waals surface area (Å²) in [5.41, 5.74) is 0.706.